The molecule has 4 aromatic carbocycles. The second-order valence-electron chi connectivity index (χ2n) is 16.2. The summed E-state index contributed by atoms with van der Waals surface area (Å²) in [4.78, 5) is 48.3. The summed E-state index contributed by atoms with van der Waals surface area (Å²) in [5, 5.41) is 22.2. The summed E-state index contributed by atoms with van der Waals surface area (Å²) >= 11 is 0. The van der Waals surface area contributed by atoms with E-state index in [0.29, 0.717) is 70.6 Å². The highest BCUT2D eigenvalue weighted by molar-refractivity contribution is 6.23. The first kappa shape index (κ1) is 42.2. The molecule has 1 amide bonds. The van der Waals surface area contributed by atoms with Gasteiger partial charge >= 0.3 is 0 Å². The summed E-state index contributed by atoms with van der Waals surface area (Å²) in [6.45, 7) is 3.32. The zero-order valence-corrected chi connectivity index (χ0v) is 35.1. The number of pyridine rings is 4. The van der Waals surface area contributed by atoms with Crippen LogP contribution in [0.4, 0.5) is 0 Å². The fourth-order valence-electron chi connectivity index (χ4n) is 8.43. The minimum atomic E-state index is -0.687. The van der Waals surface area contributed by atoms with Crippen LogP contribution in [0, 0.1) is 0 Å². The Morgan fingerprint density at radius 1 is 0.548 bits per heavy atom. The molecular weight excluding hydrogens is 771 g/mol. The predicted octanol–water partition coefficient (Wildman–Crippen LogP) is 8.72. The lowest BCUT2D eigenvalue weighted by Crippen LogP contribution is -2.40. The van der Waals surface area contributed by atoms with Crippen LogP contribution in [0.1, 0.15) is 70.8 Å². The molecule has 0 spiro atoms. The number of carbonyl (C=O) groups is 2. The quantitative estimate of drug-likeness (QED) is 0.0510. The van der Waals surface area contributed by atoms with Crippen LogP contribution in [0.5, 0.6) is 0 Å². The molecule has 4 aromatic heterocycles. The number of nitrogens with one attached hydrogen (secondary N) is 1. The number of rotatable bonds is 22. The lowest BCUT2D eigenvalue weighted by Gasteiger charge is -2.29. The molecule has 0 aliphatic carbocycles. The van der Waals surface area contributed by atoms with Gasteiger partial charge in [-0.3, -0.25) is 39.3 Å². The van der Waals surface area contributed by atoms with Gasteiger partial charge in [0.25, 0.3) is 5.91 Å². The van der Waals surface area contributed by atoms with Gasteiger partial charge in [-0.05, 0) is 112 Å². The first-order valence-corrected chi connectivity index (χ1v) is 21.7. The van der Waals surface area contributed by atoms with Crippen molar-refractivity contribution in [1.82, 2.24) is 35.1 Å². The summed E-state index contributed by atoms with van der Waals surface area (Å²) in [6.07, 6.45) is 10.6. The molecule has 0 aliphatic rings. The molecule has 0 saturated carbocycles. The number of carbonyl (C=O) groups excluding carboxylic acids is 2. The third kappa shape index (κ3) is 11.3. The van der Waals surface area contributed by atoms with Gasteiger partial charge in [-0.1, -0.05) is 72.8 Å². The van der Waals surface area contributed by atoms with E-state index in [1.165, 1.54) is 37.9 Å². The number of hydrogen-bond acceptors (Lipinski definition) is 9. The highest BCUT2D eigenvalue weighted by Gasteiger charge is 2.19. The van der Waals surface area contributed by atoms with Gasteiger partial charge in [0.2, 0.25) is 0 Å². The first-order valence-electron chi connectivity index (χ1n) is 21.7. The third-order valence-electron chi connectivity index (χ3n) is 11.4. The van der Waals surface area contributed by atoms with Crippen molar-refractivity contribution in [3.63, 3.8) is 0 Å². The van der Waals surface area contributed by atoms with Crippen molar-refractivity contribution in [2.24, 2.45) is 0 Å². The normalized spacial score (nSPS) is 12.2. The van der Waals surface area contributed by atoms with Crippen LogP contribution in [0.2, 0.25) is 0 Å². The van der Waals surface area contributed by atoms with E-state index in [2.05, 4.69) is 89.6 Å². The number of benzene rings is 4. The van der Waals surface area contributed by atoms with Crippen molar-refractivity contribution < 1.29 is 14.7 Å². The van der Waals surface area contributed by atoms with Crippen LogP contribution >= 0.6 is 0 Å². The lowest BCUT2D eigenvalue weighted by molar-refractivity contribution is -0.119. The standard InChI is InChI=1S/C52H53N7O3/c60-47(17-2-1-11-38-19-20-41-22-21-39-12-9-13-40-24-26-49(38)51(41)50(39)40)18-10-30-56-52(62)42-23-25-46(57-31-42)35-59(34-45-16-5-8-29-55-45)37-48(61)36-58(32-43-14-3-6-27-53-43)33-44-15-4-7-28-54-44/h3-9,12-16,19-29,31,48,61H,1-2,10-11,17-18,30,32-37H2,(H,56,62). The van der Waals surface area contributed by atoms with Crippen molar-refractivity contribution in [3.8, 4) is 0 Å². The molecule has 1 atom stereocenters. The van der Waals surface area contributed by atoms with Crippen LogP contribution in [-0.4, -0.2) is 72.3 Å². The Kier molecular flexibility index (Phi) is 14.2. The molecule has 0 radical (unpaired) electrons. The predicted molar refractivity (Wildman–Crippen MR) is 245 cm³/mol. The SMILES string of the molecule is O=C(CCCCc1ccc2ccc3cccc4ccc1c2c34)CCCNC(=O)c1ccc(CN(Cc2ccccn2)CC(O)CN(Cc2ccccn2)Cc2ccccn2)nc1. The van der Waals surface area contributed by atoms with E-state index in [0.717, 1.165) is 42.0 Å². The van der Waals surface area contributed by atoms with E-state index >= 15 is 0 Å². The summed E-state index contributed by atoms with van der Waals surface area (Å²) in [5.41, 5.74) is 5.29. The largest absolute Gasteiger partial charge is 0.390 e. The van der Waals surface area contributed by atoms with Gasteiger partial charge in [0.1, 0.15) is 5.78 Å². The van der Waals surface area contributed by atoms with E-state index in [-0.39, 0.29) is 11.7 Å². The molecular formula is C52H53N7O3. The van der Waals surface area contributed by atoms with Crippen molar-refractivity contribution in [1.29, 1.82) is 0 Å². The van der Waals surface area contributed by atoms with Crippen LogP contribution < -0.4 is 5.32 Å². The maximum Gasteiger partial charge on any atom is 0.252 e. The van der Waals surface area contributed by atoms with E-state index in [9.17, 15) is 14.7 Å². The van der Waals surface area contributed by atoms with E-state index < -0.39 is 6.10 Å². The number of hydrogen-bond donors (Lipinski definition) is 2. The maximum atomic E-state index is 13.0. The number of nitrogens with zero attached hydrogens (tertiary/aromatic N) is 6. The number of aromatic nitrogens is 4. The van der Waals surface area contributed by atoms with Gasteiger partial charge < -0.3 is 10.4 Å². The molecule has 1 unspecified atom stereocenters. The average molecular weight is 824 g/mol. The van der Waals surface area contributed by atoms with Crippen molar-refractivity contribution in [3.05, 3.63) is 180 Å². The Morgan fingerprint density at radius 3 is 1.66 bits per heavy atom. The van der Waals surface area contributed by atoms with Crippen LogP contribution in [0.15, 0.2) is 146 Å². The molecule has 2 N–H and O–H groups in total. The van der Waals surface area contributed by atoms with Gasteiger partial charge in [0.05, 0.1) is 34.4 Å². The summed E-state index contributed by atoms with van der Waals surface area (Å²) < 4.78 is 0. The smallest absolute Gasteiger partial charge is 0.252 e. The minimum absolute atomic E-state index is 0.216. The van der Waals surface area contributed by atoms with Crippen molar-refractivity contribution in [2.75, 3.05) is 19.6 Å². The summed E-state index contributed by atoms with van der Waals surface area (Å²) in [7, 11) is 0. The Bertz CT molecular complexity index is 2610. The third-order valence-corrected chi connectivity index (χ3v) is 11.4. The molecule has 0 aliphatic heterocycles. The topological polar surface area (TPSA) is 124 Å². The molecule has 10 nitrogen and oxygen atoms in total. The van der Waals surface area contributed by atoms with Gasteiger partial charge in [0.15, 0.2) is 0 Å². The van der Waals surface area contributed by atoms with Crippen LogP contribution in [0.3, 0.4) is 0 Å². The van der Waals surface area contributed by atoms with Crippen molar-refractivity contribution in [2.45, 2.75) is 70.8 Å². The molecule has 314 valence electrons. The number of unbranched alkanes of at least 4 members (excludes halogenated alkanes) is 1. The van der Waals surface area contributed by atoms with E-state index in [1.54, 1.807) is 30.9 Å². The summed E-state index contributed by atoms with van der Waals surface area (Å²) in [6, 6.07) is 41.0. The molecule has 8 rings (SSSR count). The maximum absolute atomic E-state index is 13.0. The zero-order valence-electron chi connectivity index (χ0n) is 35.1. The fraction of sp³-hybridized carbons (Fsp3) is 0.269. The highest BCUT2D eigenvalue weighted by atomic mass is 16.3. The van der Waals surface area contributed by atoms with Crippen LogP contribution in [-0.2, 0) is 37.4 Å². The number of aliphatic hydroxyl groups excluding tert-OH is 1. The molecule has 8 aromatic rings. The van der Waals surface area contributed by atoms with Crippen molar-refractivity contribution >= 4 is 44.0 Å². The van der Waals surface area contributed by atoms with E-state index in [1.807, 2.05) is 60.7 Å². The van der Waals surface area contributed by atoms with E-state index in [4.69, 9.17) is 0 Å². The fourth-order valence-corrected chi connectivity index (χ4v) is 8.43. The molecule has 0 bridgehead atoms. The highest BCUT2D eigenvalue weighted by Crippen LogP contribution is 2.36. The number of aliphatic hydroxyl groups is 1. The lowest BCUT2D eigenvalue weighted by atomic mass is 9.90. The number of amides is 1. The minimum Gasteiger partial charge on any atom is -0.390 e. The van der Waals surface area contributed by atoms with Gasteiger partial charge in [0, 0.05) is 83.4 Å². The first-order chi connectivity index (χ1) is 30.4. The number of aryl methyl sites for hydroxylation is 1. The monoisotopic (exact) mass is 823 g/mol. The number of Topliss-reactive ketones (excluding diaryl/α,β-unsaturated/α-hetero) is 1. The second-order valence-corrected chi connectivity index (χ2v) is 16.2. The average Bonchev–Trinajstić information content (AvgIpc) is 3.30. The van der Waals surface area contributed by atoms with Crippen LogP contribution in [0.25, 0.3) is 32.3 Å². The Balaban J connectivity index is 0.789. The molecule has 62 heavy (non-hydrogen) atoms. The Morgan fingerprint density at radius 2 is 1.10 bits per heavy atom. The molecule has 0 saturated heterocycles. The molecule has 4 heterocycles. The molecule has 10 heteroatoms. The summed E-state index contributed by atoms with van der Waals surface area (Å²) in [5.74, 6) is 0.0154. The van der Waals surface area contributed by atoms with Gasteiger partial charge in [-0.2, -0.15) is 0 Å². The Labute approximate surface area is 363 Å². The second kappa shape index (κ2) is 20.9. The number of ketones is 1. The van der Waals surface area contributed by atoms with Gasteiger partial charge in [-0.25, -0.2) is 0 Å². The van der Waals surface area contributed by atoms with Gasteiger partial charge in [-0.15, -0.1) is 0 Å². The zero-order chi connectivity index (χ0) is 42.5. The Hall–Kier alpha value is -6.46. The molecule has 0 fully saturated rings.